The number of ether oxygens (including phenoxy) is 1. The van der Waals surface area contributed by atoms with Crippen LogP contribution >= 0.6 is 15.9 Å². The Balaban J connectivity index is 2.16. The molecule has 22 heavy (non-hydrogen) atoms. The maximum absolute atomic E-state index is 12.3. The van der Waals surface area contributed by atoms with Gasteiger partial charge in [0.2, 0.25) is 10.0 Å². The number of hydrogen-bond donors (Lipinski definition) is 1. The zero-order chi connectivity index (χ0) is 16.3. The molecule has 0 aliphatic carbocycles. The summed E-state index contributed by atoms with van der Waals surface area (Å²) in [4.78, 5) is 11.5. The zero-order valence-electron chi connectivity index (χ0n) is 12.0. The normalized spacial score (nSPS) is 11.4. The van der Waals surface area contributed by atoms with Gasteiger partial charge in [-0.15, -0.1) is 0 Å². The molecule has 0 aliphatic heterocycles. The Bertz CT molecular complexity index is 782. The Kier molecular flexibility index (Phi) is 5.05. The summed E-state index contributed by atoms with van der Waals surface area (Å²) < 4.78 is 34.0. The number of benzene rings is 1. The number of esters is 1. The number of nitrogens with one attached hydrogen (secondary N) is 1. The van der Waals surface area contributed by atoms with E-state index in [1.165, 1.54) is 23.9 Å². The number of aromatic nitrogens is 1. The minimum absolute atomic E-state index is 0.0208. The quantitative estimate of drug-likeness (QED) is 0.797. The molecule has 1 aromatic carbocycles. The number of aryl methyl sites for hydroxylation is 1. The molecule has 2 rings (SSSR count). The van der Waals surface area contributed by atoms with Crippen molar-refractivity contribution in [1.29, 1.82) is 0 Å². The summed E-state index contributed by atoms with van der Waals surface area (Å²) in [5.41, 5.74) is 1.00. The average Bonchev–Trinajstić information content (AvgIpc) is 2.89. The van der Waals surface area contributed by atoms with Crippen LogP contribution in [0, 0.1) is 0 Å². The van der Waals surface area contributed by atoms with Crippen LogP contribution in [0.2, 0.25) is 0 Å². The number of carbonyl (C=O) groups is 1. The molecule has 0 amide bonds. The standard InChI is InChI=1S/C14H15BrN2O4S/c1-17-9-12(7-13(17)14(18)21-2)22(19,20)16-8-10-3-5-11(15)6-4-10/h3-7,9,16H,8H2,1-2H3. The van der Waals surface area contributed by atoms with Crippen LogP contribution in [0.4, 0.5) is 0 Å². The number of halogens is 1. The van der Waals surface area contributed by atoms with Gasteiger partial charge in [0, 0.05) is 24.3 Å². The van der Waals surface area contributed by atoms with Crippen molar-refractivity contribution >= 4 is 31.9 Å². The Morgan fingerprint density at radius 1 is 1.32 bits per heavy atom. The highest BCUT2D eigenvalue weighted by Crippen LogP contribution is 2.15. The van der Waals surface area contributed by atoms with Gasteiger partial charge in [0.05, 0.1) is 7.11 Å². The van der Waals surface area contributed by atoms with E-state index in [2.05, 4.69) is 25.4 Å². The molecule has 2 aromatic rings. The summed E-state index contributed by atoms with van der Waals surface area (Å²) in [6, 6.07) is 8.59. The fraction of sp³-hybridized carbons (Fsp3) is 0.214. The summed E-state index contributed by atoms with van der Waals surface area (Å²) in [6.07, 6.45) is 1.37. The minimum atomic E-state index is -3.70. The third-order valence-electron chi connectivity index (χ3n) is 3.06. The fourth-order valence-electron chi connectivity index (χ4n) is 1.85. The maximum Gasteiger partial charge on any atom is 0.354 e. The van der Waals surface area contributed by atoms with E-state index in [-0.39, 0.29) is 17.1 Å². The molecule has 1 heterocycles. The van der Waals surface area contributed by atoms with Crippen LogP contribution in [-0.2, 0) is 28.4 Å². The summed E-state index contributed by atoms with van der Waals surface area (Å²) in [7, 11) is -0.874. The second kappa shape index (κ2) is 6.64. The van der Waals surface area contributed by atoms with Gasteiger partial charge in [-0.25, -0.2) is 17.9 Å². The SMILES string of the molecule is COC(=O)c1cc(S(=O)(=O)NCc2ccc(Br)cc2)cn1C. The van der Waals surface area contributed by atoms with Crippen molar-refractivity contribution in [2.75, 3.05) is 7.11 Å². The number of nitrogens with zero attached hydrogens (tertiary/aromatic N) is 1. The molecule has 0 atom stereocenters. The number of hydrogen-bond acceptors (Lipinski definition) is 4. The zero-order valence-corrected chi connectivity index (χ0v) is 14.4. The monoisotopic (exact) mass is 386 g/mol. The third kappa shape index (κ3) is 3.76. The van der Waals surface area contributed by atoms with Gasteiger partial charge >= 0.3 is 5.97 Å². The first-order valence-corrected chi connectivity index (χ1v) is 8.60. The van der Waals surface area contributed by atoms with Crippen LogP contribution in [-0.4, -0.2) is 26.1 Å². The van der Waals surface area contributed by atoms with Crippen LogP contribution < -0.4 is 4.72 Å². The largest absolute Gasteiger partial charge is 0.464 e. The lowest BCUT2D eigenvalue weighted by Gasteiger charge is -2.05. The van der Waals surface area contributed by atoms with Gasteiger partial charge in [-0.1, -0.05) is 28.1 Å². The van der Waals surface area contributed by atoms with Crippen LogP contribution in [0.15, 0.2) is 45.9 Å². The van der Waals surface area contributed by atoms with E-state index in [1.54, 1.807) is 7.05 Å². The molecule has 0 bridgehead atoms. The lowest BCUT2D eigenvalue weighted by molar-refractivity contribution is 0.0590. The molecule has 0 spiro atoms. The van der Waals surface area contributed by atoms with Crippen LogP contribution in [0.25, 0.3) is 0 Å². The van der Waals surface area contributed by atoms with E-state index >= 15 is 0 Å². The first-order chi connectivity index (χ1) is 10.3. The number of carbonyl (C=O) groups excluding carboxylic acids is 1. The first kappa shape index (κ1) is 16.7. The number of sulfonamides is 1. The van der Waals surface area contributed by atoms with Gasteiger partial charge in [-0.3, -0.25) is 0 Å². The minimum Gasteiger partial charge on any atom is -0.464 e. The smallest absolute Gasteiger partial charge is 0.354 e. The predicted octanol–water partition coefficient (Wildman–Crippen LogP) is 2.05. The lowest BCUT2D eigenvalue weighted by Crippen LogP contribution is -2.22. The van der Waals surface area contributed by atoms with E-state index in [0.29, 0.717) is 0 Å². The van der Waals surface area contributed by atoms with Crippen LogP contribution in [0.5, 0.6) is 0 Å². The highest BCUT2D eigenvalue weighted by atomic mass is 79.9. The van der Waals surface area contributed by atoms with E-state index in [9.17, 15) is 13.2 Å². The maximum atomic E-state index is 12.3. The van der Waals surface area contributed by atoms with E-state index in [4.69, 9.17) is 0 Å². The Hall–Kier alpha value is -1.64. The predicted molar refractivity (Wildman–Crippen MR) is 84.9 cm³/mol. The molecule has 1 N–H and O–H groups in total. The second-order valence-corrected chi connectivity index (χ2v) is 7.30. The van der Waals surface area contributed by atoms with Gasteiger partial charge in [0.25, 0.3) is 0 Å². The highest BCUT2D eigenvalue weighted by Gasteiger charge is 2.20. The van der Waals surface area contributed by atoms with Crippen molar-refractivity contribution in [2.45, 2.75) is 11.4 Å². The van der Waals surface area contributed by atoms with E-state index in [1.807, 2.05) is 24.3 Å². The Morgan fingerprint density at radius 3 is 2.55 bits per heavy atom. The van der Waals surface area contributed by atoms with Crippen molar-refractivity contribution in [3.8, 4) is 0 Å². The molecule has 0 saturated carbocycles. The summed E-state index contributed by atoms with van der Waals surface area (Å²) in [5, 5.41) is 0. The molecule has 1 aromatic heterocycles. The molecular weight excluding hydrogens is 372 g/mol. The number of methoxy groups -OCH3 is 1. The molecule has 8 heteroatoms. The molecule has 0 fully saturated rings. The van der Waals surface area contributed by atoms with Crippen LogP contribution in [0.1, 0.15) is 16.1 Å². The molecule has 6 nitrogen and oxygen atoms in total. The summed E-state index contributed by atoms with van der Waals surface area (Å²) in [5.74, 6) is -0.586. The van der Waals surface area contributed by atoms with Gasteiger partial charge in [-0.05, 0) is 23.8 Å². The molecule has 0 saturated heterocycles. The van der Waals surface area contributed by atoms with Crippen molar-refractivity contribution in [2.24, 2.45) is 7.05 Å². The topological polar surface area (TPSA) is 77.4 Å². The van der Waals surface area contributed by atoms with Gasteiger partial charge in [0.1, 0.15) is 10.6 Å². The van der Waals surface area contributed by atoms with Crippen molar-refractivity contribution in [3.63, 3.8) is 0 Å². The Morgan fingerprint density at radius 2 is 1.95 bits per heavy atom. The van der Waals surface area contributed by atoms with Crippen molar-refractivity contribution in [3.05, 3.63) is 52.3 Å². The average molecular weight is 387 g/mol. The van der Waals surface area contributed by atoms with E-state index < -0.39 is 16.0 Å². The van der Waals surface area contributed by atoms with Gasteiger partial charge in [-0.2, -0.15) is 0 Å². The fourth-order valence-corrected chi connectivity index (χ4v) is 3.20. The van der Waals surface area contributed by atoms with Crippen LogP contribution in [0.3, 0.4) is 0 Å². The molecule has 0 radical (unpaired) electrons. The molecule has 0 aliphatic rings. The summed E-state index contributed by atoms with van der Waals surface area (Å²) in [6.45, 7) is 0.165. The second-order valence-electron chi connectivity index (χ2n) is 4.61. The lowest BCUT2D eigenvalue weighted by atomic mass is 10.2. The number of rotatable bonds is 5. The van der Waals surface area contributed by atoms with Crippen molar-refractivity contribution in [1.82, 2.24) is 9.29 Å². The van der Waals surface area contributed by atoms with Gasteiger partial charge in [0.15, 0.2) is 0 Å². The molecular formula is C14H15BrN2O4S. The molecule has 118 valence electrons. The van der Waals surface area contributed by atoms with Crippen molar-refractivity contribution < 1.29 is 17.9 Å². The summed E-state index contributed by atoms with van der Waals surface area (Å²) >= 11 is 3.32. The third-order valence-corrected chi connectivity index (χ3v) is 4.96. The van der Waals surface area contributed by atoms with E-state index in [0.717, 1.165) is 10.0 Å². The highest BCUT2D eigenvalue weighted by molar-refractivity contribution is 9.10. The Labute approximate surface area is 137 Å². The molecule has 0 unspecified atom stereocenters. The first-order valence-electron chi connectivity index (χ1n) is 6.32. The van der Waals surface area contributed by atoms with Gasteiger partial charge < -0.3 is 9.30 Å².